The van der Waals surface area contributed by atoms with Crippen molar-refractivity contribution in [3.8, 4) is 11.8 Å². The molecule has 2 nitrogen and oxygen atoms in total. The van der Waals surface area contributed by atoms with Gasteiger partial charge in [0.1, 0.15) is 6.61 Å². The third-order valence-corrected chi connectivity index (χ3v) is 3.32. The molecule has 1 N–H and O–H groups in total. The third-order valence-electron chi connectivity index (χ3n) is 3.32. The molecule has 0 amide bonds. The molecule has 0 saturated heterocycles. The standard InChI is InChI=1S/C13H22NO.CH3.W/c1-14-10-9-13-7-5-12(6-8-13)4-2-3-11-15;;/h12-13,15H,4-11H2,1H3;1H3;/q2*-1;+2. The molecule has 0 spiro atoms. The maximum Gasteiger partial charge on any atom is 2.00 e. The van der Waals surface area contributed by atoms with Gasteiger partial charge >= 0.3 is 21.1 Å². The molecule has 17 heavy (non-hydrogen) atoms. The van der Waals surface area contributed by atoms with Crippen LogP contribution in [0.1, 0.15) is 38.5 Å². The minimum absolute atomic E-state index is 0. The quantitative estimate of drug-likeness (QED) is 0.565. The summed E-state index contributed by atoms with van der Waals surface area (Å²) in [6.07, 6.45) is 7.57. The summed E-state index contributed by atoms with van der Waals surface area (Å²) in [5.74, 6) is 7.45. The Labute approximate surface area is 121 Å². The van der Waals surface area contributed by atoms with Gasteiger partial charge in [0.2, 0.25) is 0 Å². The number of aliphatic hydroxyl groups is 1. The molecule has 3 heteroatoms. The van der Waals surface area contributed by atoms with E-state index in [-0.39, 0.29) is 35.1 Å². The van der Waals surface area contributed by atoms with Crippen molar-refractivity contribution in [1.29, 1.82) is 0 Å². The van der Waals surface area contributed by atoms with E-state index < -0.39 is 0 Å². The zero-order valence-electron chi connectivity index (χ0n) is 11.1. The Hall–Kier alpha value is 0.168. The molecule has 0 atom stereocenters. The van der Waals surface area contributed by atoms with Gasteiger partial charge in [-0.25, -0.2) is 0 Å². The van der Waals surface area contributed by atoms with Gasteiger partial charge in [-0.15, -0.1) is 12.5 Å². The minimum Gasteiger partial charge on any atom is -0.665 e. The molecule has 1 aliphatic rings. The number of nitrogens with zero attached hydrogens (tertiary/aromatic N) is 1. The van der Waals surface area contributed by atoms with Gasteiger partial charge in [-0.1, -0.05) is 25.2 Å². The van der Waals surface area contributed by atoms with Crippen LogP contribution >= 0.6 is 0 Å². The SMILES string of the molecule is C[N-]CCC1CCC(CC#CCO)CC1.[CH3-].[W+2]. The van der Waals surface area contributed by atoms with Crippen LogP contribution in [0.4, 0.5) is 0 Å². The summed E-state index contributed by atoms with van der Waals surface area (Å²) in [7, 11) is 1.90. The fourth-order valence-corrected chi connectivity index (χ4v) is 2.31. The van der Waals surface area contributed by atoms with Crippen LogP contribution in [0, 0.1) is 31.1 Å². The van der Waals surface area contributed by atoms with Crippen LogP contribution in [0.25, 0.3) is 5.32 Å². The van der Waals surface area contributed by atoms with E-state index in [0.29, 0.717) is 0 Å². The smallest absolute Gasteiger partial charge is 0.665 e. The summed E-state index contributed by atoms with van der Waals surface area (Å²) in [6, 6.07) is 0. The van der Waals surface area contributed by atoms with E-state index in [4.69, 9.17) is 5.11 Å². The first-order chi connectivity index (χ1) is 7.36. The first-order valence-electron chi connectivity index (χ1n) is 5.99. The Balaban J connectivity index is 0. The maximum absolute atomic E-state index is 8.55. The first-order valence-corrected chi connectivity index (χ1v) is 5.99. The van der Waals surface area contributed by atoms with E-state index in [2.05, 4.69) is 17.2 Å². The molecule has 0 radical (unpaired) electrons. The Bertz CT molecular complexity index is 214. The summed E-state index contributed by atoms with van der Waals surface area (Å²) >= 11 is 0. The van der Waals surface area contributed by atoms with Crippen LogP contribution < -0.4 is 0 Å². The largest absolute Gasteiger partial charge is 2.00 e. The molecule has 98 valence electrons. The van der Waals surface area contributed by atoms with Gasteiger partial charge in [-0.2, -0.15) is 7.05 Å². The molecule has 0 unspecified atom stereocenters. The molecule has 1 rings (SSSR count). The van der Waals surface area contributed by atoms with Gasteiger partial charge in [0.25, 0.3) is 0 Å². The van der Waals surface area contributed by atoms with E-state index in [0.717, 1.165) is 24.8 Å². The molecule has 0 bridgehead atoms. The van der Waals surface area contributed by atoms with Crippen molar-refractivity contribution in [1.82, 2.24) is 0 Å². The molecular formula is C14H25NOW. The average molecular weight is 407 g/mol. The van der Waals surface area contributed by atoms with E-state index >= 15 is 0 Å². The van der Waals surface area contributed by atoms with Gasteiger partial charge in [-0.3, -0.25) is 0 Å². The van der Waals surface area contributed by atoms with Crippen LogP contribution in [0.15, 0.2) is 0 Å². The average Bonchev–Trinajstić information content (AvgIpc) is 2.28. The monoisotopic (exact) mass is 407 g/mol. The summed E-state index contributed by atoms with van der Waals surface area (Å²) < 4.78 is 0. The molecule has 0 aliphatic heterocycles. The Kier molecular flexibility index (Phi) is 14.5. The summed E-state index contributed by atoms with van der Waals surface area (Å²) in [6.45, 7) is 1.03. The second-order valence-electron chi connectivity index (χ2n) is 4.43. The van der Waals surface area contributed by atoms with Gasteiger partial charge in [0.05, 0.1) is 0 Å². The predicted molar refractivity (Wildman–Crippen MR) is 70.1 cm³/mol. The van der Waals surface area contributed by atoms with Crippen molar-refractivity contribution in [3.05, 3.63) is 12.7 Å². The van der Waals surface area contributed by atoms with Crippen LogP contribution in [0.5, 0.6) is 0 Å². The zero-order chi connectivity index (χ0) is 10.9. The van der Waals surface area contributed by atoms with E-state index in [1.807, 2.05) is 7.05 Å². The van der Waals surface area contributed by atoms with Gasteiger partial charge in [0, 0.05) is 6.42 Å². The molecule has 1 fully saturated rings. The normalized spacial score (nSPS) is 22.7. The molecule has 0 aromatic carbocycles. The van der Waals surface area contributed by atoms with E-state index in [9.17, 15) is 0 Å². The van der Waals surface area contributed by atoms with Crippen LogP contribution in [-0.4, -0.2) is 25.3 Å². The van der Waals surface area contributed by atoms with Gasteiger partial charge in [0.15, 0.2) is 0 Å². The molecule has 0 aromatic heterocycles. The summed E-state index contributed by atoms with van der Waals surface area (Å²) in [4.78, 5) is 0. The summed E-state index contributed by atoms with van der Waals surface area (Å²) in [5.41, 5.74) is 0. The zero-order valence-corrected chi connectivity index (χ0v) is 14.0. The van der Waals surface area contributed by atoms with Gasteiger partial charge < -0.3 is 17.8 Å². The molecule has 0 aromatic rings. The fourth-order valence-electron chi connectivity index (χ4n) is 2.31. The number of aliphatic hydroxyl groups excluding tert-OH is 1. The van der Waals surface area contributed by atoms with Crippen molar-refractivity contribution >= 4 is 0 Å². The van der Waals surface area contributed by atoms with Crippen molar-refractivity contribution in [2.75, 3.05) is 20.2 Å². The number of hydrogen-bond donors (Lipinski definition) is 1. The van der Waals surface area contributed by atoms with Crippen LogP contribution in [-0.2, 0) is 21.1 Å². The summed E-state index contributed by atoms with van der Waals surface area (Å²) in [5, 5.41) is 12.7. The number of hydrogen-bond acceptors (Lipinski definition) is 1. The maximum atomic E-state index is 8.55. The van der Waals surface area contributed by atoms with Crippen LogP contribution in [0.2, 0.25) is 0 Å². The predicted octanol–water partition coefficient (Wildman–Crippen LogP) is 3.02. The van der Waals surface area contributed by atoms with Crippen molar-refractivity contribution in [2.45, 2.75) is 38.5 Å². The van der Waals surface area contributed by atoms with Crippen LogP contribution in [0.3, 0.4) is 0 Å². The second kappa shape index (κ2) is 12.6. The molecule has 1 aliphatic carbocycles. The molecule has 1 saturated carbocycles. The second-order valence-corrected chi connectivity index (χ2v) is 4.43. The first kappa shape index (κ1) is 19.5. The number of rotatable bonds is 4. The molecular weight excluding hydrogens is 382 g/mol. The van der Waals surface area contributed by atoms with Crippen molar-refractivity contribution in [2.24, 2.45) is 11.8 Å². The molecule has 0 heterocycles. The third kappa shape index (κ3) is 8.83. The Morgan fingerprint density at radius 2 is 1.71 bits per heavy atom. The van der Waals surface area contributed by atoms with Gasteiger partial charge in [-0.05, 0) is 24.7 Å². The minimum atomic E-state index is 0. The fraction of sp³-hybridized carbons (Fsp3) is 0.786. The van der Waals surface area contributed by atoms with Crippen molar-refractivity contribution < 1.29 is 26.2 Å². The van der Waals surface area contributed by atoms with E-state index in [1.54, 1.807) is 0 Å². The van der Waals surface area contributed by atoms with Crippen molar-refractivity contribution in [3.63, 3.8) is 0 Å². The topological polar surface area (TPSA) is 34.3 Å². The van der Waals surface area contributed by atoms with E-state index in [1.165, 1.54) is 32.1 Å². The Morgan fingerprint density at radius 3 is 2.24 bits per heavy atom. The Morgan fingerprint density at radius 1 is 1.12 bits per heavy atom.